The fourth-order valence-electron chi connectivity index (χ4n) is 1.44. The summed E-state index contributed by atoms with van der Waals surface area (Å²) in [5, 5.41) is -0.557. The molecule has 0 unspecified atom stereocenters. The second kappa shape index (κ2) is 5.29. The van der Waals surface area contributed by atoms with Gasteiger partial charge in [0.1, 0.15) is 0 Å². The van der Waals surface area contributed by atoms with Crippen molar-refractivity contribution in [3.05, 3.63) is 34.3 Å². The summed E-state index contributed by atoms with van der Waals surface area (Å²) in [6.07, 6.45) is 0. The molecule has 90 valence electrons. The third kappa shape index (κ3) is 3.06. The Morgan fingerprint density at radius 2 is 1.81 bits per heavy atom. The highest BCUT2D eigenvalue weighted by Crippen LogP contribution is 2.21. The molecule has 0 aliphatic carbocycles. The molecule has 1 aromatic carbocycles. The van der Waals surface area contributed by atoms with Gasteiger partial charge in [0.05, 0.1) is 5.25 Å². The summed E-state index contributed by atoms with van der Waals surface area (Å²) in [6, 6.07) is 6.94. The van der Waals surface area contributed by atoms with Gasteiger partial charge in [-0.3, -0.25) is 0 Å². The van der Waals surface area contributed by atoms with E-state index in [1.165, 1.54) is 0 Å². The zero-order valence-electron chi connectivity index (χ0n) is 9.35. The Hall–Kier alpha value is -0.390. The summed E-state index contributed by atoms with van der Waals surface area (Å²) < 4.78 is 24.3. The molecular formula is C11H16BrNO2S. The molecule has 0 radical (unpaired) electrons. The van der Waals surface area contributed by atoms with E-state index < -0.39 is 21.1 Å². The molecule has 1 rings (SSSR count). The van der Waals surface area contributed by atoms with E-state index in [1.807, 2.05) is 24.3 Å². The lowest BCUT2D eigenvalue weighted by molar-refractivity contribution is 0.566. The molecule has 0 bridgehead atoms. The Morgan fingerprint density at radius 1 is 1.31 bits per heavy atom. The SMILES string of the molecule is CCS(=O)(=O)[C@@H](C)[C@H](N)c1ccc(Br)cc1. The summed E-state index contributed by atoms with van der Waals surface area (Å²) in [5.74, 6) is 0.123. The minimum Gasteiger partial charge on any atom is -0.323 e. The van der Waals surface area contributed by atoms with E-state index in [4.69, 9.17) is 5.73 Å². The van der Waals surface area contributed by atoms with Crippen molar-refractivity contribution >= 4 is 25.8 Å². The van der Waals surface area contributed by atoms with Gasteiger partial charge >= 0.3 is 0 Å². The summed E-state index contributed by atoms with van der Waals surface area (Å²) in [5.41, 5.74) is 6.80. The van der Waals surface area contributed by atoms with E-state index in [-0.39, 0.29) is 5.75 Å². The molecule has 1 aromatic rings. The Morgan fingerprint density at radius 3 is 2.25 bits per heavy atom. The molecule has 2 N–H and O–H groups in total. The van der Waals surface area contributed by atoms with E-state index >= 15 is 0 Å². The fraction of sp³-hybridized carbons (Fsp3) is 0.455. The van der Waals surface area contributed by atoms with Crippen LogP contribution in [-0.2, 0) is 9.84 Å². The zero-order chi connectivity index (χ0) is 12.3. The van der Waals surface area contributed by atoms with Gasteiger partial charge in [-0.15, -0.1) is 0 Å². The van der Waals surface area contributed by atoms with Gasteiger partial charge in [-0.05, 0) is 24.6 Å². The van der Waals surface area contributed by atoms with Crippen molar-refractivity contribution in [2.45, 2.75) is 25.1 Å². The van der Waals surface area contributed by atoms with Crippen molar-refractivity contribution in [1.29, 1.82) is 0 Å². The Bertz CT molecular complexity index is 442. The maximum atomic E-state index is 11.7. The Kier molecular flexibility index (Phi) is 4.52. The highest BCUT2D eigenvalue weighted by Gasteiger charge is 2.26. The number of halogens is 1. The molecule has 3 nitrogen and oxygen atoms in total. The van der Waals surface area contributed by atoms with Crippen LogP contribution in [0.25, 0.3) is 0 Å². The van der Waals surface area contributed by atoms with Crippen LogP contribution in [0.1, 0.15) is 25.5 Å². The van der Waals surface area contributed by atoms with Crippen LogP contribution in [0.4, 0.5) is 0 Å². The van der Waals surface area contributed by atoms with Crippen LogP contribution in [-0.4, -0.2) is 19.4 Å². The molecule has 0 spiro atoms. The van der Waals surface area contributed by atoms with Gasteiger partial charge in [0.25, 0.3) is 0 Å². The first-order chi connectivity index (χ1) is 7.38. The van der Waals surface area contributed by atoms with Gasteiger partial charge in [-0.25, -0.2) is 8.42 Å². The molecule has 0 aromatic heterocycles. The molecule has 2 atom stereocenters. The number of hydrogen-bond donors (Lipinski definition) is 1. The quantitative estimate of drug-likeness (QED) is 0.928. The molecule has 5 heteroatoms. The first-order valence-electron chi connectivity index (χ1n) is 5.11. The summed E-state index contributed by atoms with van der Waals surface area (Å²) >= 11 is 3.33. The third-order valence-corrected chi connectivity index (χ3v) is 5.49. The maximum Gasteiger partial charge on any atom is 0.154 e. The first-order valence-corrected chi connectivity index (χ1v) is 7.62. The van der Waals surface area contributed by atoms with Gasteiger partial charge in [0.15, 0.2) is 9.84 Å². The lowest BCUT2D eigenvalue weighted by Crippen LogP contribution is -2.32. The maximum absolute atomic E-state index is 11.7. The summed E-state index contributed by atoms with van der Waals surface area (Å²) in [7, 11) is -3.09. The third-order valence-electron chi connectivity index (χ3n) is 2.73. The van der Waals surface area contributed by atoms with E-state index in [0.29, 0.717) is 0 Å². The smallest absolute Gasteiger partial charge is 0.154 e. The number of nitrogens with two attached hydrogens (primary N) is 1. The Labute approximate surface area is 105 Å². The van der Waals surface area contributed by atoms with E-state index in [0.717, 1.165) is 10.0 Å². The lowest BCUT2D eigenvalue weighted by Gasteiger charge is -2.19. The molecule has 0 saturated carbocycles. The van der Waals surface area contributed by atoms with E-state index in [1.54, 1.807) is 13.8 Å². The average molecular weight is 306 g/mol. The van der Waals surface area contributed by atoms with Crippen molar-refractivity contribution in [2.75, 3.05) is 5.75 Å². The van der Waals surface area contributed by atoms with Crippen LogP contribution in [0, 0.1) is 0 Å². The standard InChI is InChI=1S/C11H16BrNO2S/c1-3-16(14,15)8(2)11(13)9-4-6-10(12)7-5-9/h4-8,11H,3,13H2,1-2H3/t8-,11-/m0/s1. The normalized spacial score (nSPS) is 15.8. The first kappa shape index (κ1) is 13.7. The minimum absolute atomic E-state index is 0.123. The second-order valence-corrected chi connectivity index (χ2v) is 7.30. The van der Waals surface area contributed by atoms with Crippen molar-refractivity contribution in [3.8, 4) is 0 Å². The van der Waals surface area contributed by atoms with Crippen molar-refractivity contribution in [3.63, 3.8) is 0 Å². The van der Waals surface area contributed by atoms with Crippen LogP contribution in [0.15, 0.2) is 28.7 Å². The predicted molar refractivity (Wildman–Crippen MR) is 70.0 cm³/mol. The van der Waals surface area contributed by atoms with Gasteiger partial charge in [-0.1, -0.05) is 35.0 Å². The van der Waals surface area contributed by atoms with Crippen LogP contribution in [0.5, 0.6) is 0 Å². The van der Waals surface area contributed by atoms with Gasteiger partial charge in [-0.2, -0.15) is 0 Å². The molecule has 0 saturated heterocycles. The average Bonchev–Trinajstić information content (AvgIpc) is 2.28. The number of benzene rings is 1. The summed E-state index contributed by atoms with van der Waals surface area (Å²) in [6.45, 7) is 3.30. The van der Waals surface area contributed by atoms with E-state index in [9.17, 15) is 8.42 Å². The largest absolute Gasteiger partial charge is 0.323 e. The predicted octanol–water partition coefficient (Wildman–Crippen LogP) is 2.27. The van der Waals surface area contributed by atoms with Crippen LogP contribution >= 0.6 is 15.9 Å². The Balaban J connectivity index is 2.94. The number of rotatable bonds is 4. The fourth-order valence-corrected chi connectivity index (χ4v) is 2.84. The van der Waals surface area contributed by atoms with Gasteiger partial charge in [0.2, 0.25) is 0 Å². The van der Waals surface area contributed by atoms with Crippen molar-refractivity contribution < 1.29 is 8.42 Å². The minimum atomic E-state index is -3.09. The molecule has 16 heavy (non-hydrogen) atoms. The molecule has 0 aliphatic heterocycles. The number of hydrogen-bond acceptors (Lipinski definition) is 3. The van der Waals surface area contributed by atoms with Crippen molar-refractivity contribution in [1.82, 2.24) is 0 Å². The molecule has 0 amide bonds. The van der Waals surface area contributed by atoms with Gasteiger partial charge < -0.3 is 5.73 Å². The number of sulfone groups is 1. The highest BCUT2D eigenvalue weighted by molar-refractivity contribution is 9.10. The molecule has 0 heterocycles. The molecule has 0 aliphatic rings. The van der Waals surface area contributed by atoms with E-state index in [2.05, 4.69) is 15.9 Å². The van der Waals surface area contributed by atoms with Crippen molar-refractivity contribution in [2.24, 2.45) is 5.73 Å². The van der Waals surface area contributed by atoms with Crippen LogP contribution < -0.4 is 5.73 Å². The van der Waals surface area contributed by atoms with Crippen LogP contribution in [0.3, 0.4) is 0 Å². The lowest BCUT2D eigenvalue weighted by atomic mass is 10.1. The second-order valence-electron chi connectivity index (χ2n) is 3.73. The molecular weight excluding hydrogens is 290 g/mol. The zero-order valence-corrected chi connectivity index (χ0v) is 11.8. The molecule has 0 fully saturated rings. The monoisotopic (exact) mass is 305 g/mol. The highest BCUT2D eigenvalue weighted by atomic mass is 79.9. The van der Waals surface area contributed by atoms with Gasteiger partial charge in [0, 0.05) is 16.3 Å². The van der Waals surface area contributed by atoms with Crippen LogP contribution in [0.2, 0.25) is 0 Å². The summed E-state index contributed by atoms with van der Waals surface area (Å²) in [4.78, 5) is 0. The topological polar surface area (TPSA) is 60.2 Å².